The fraction of sp³-hybridized carbons (Fsp3) is 0.273. The third-order valence-electron chi connectivity index (χ3n) is 5.29. The zero-order chi connectivity index (χ0) is 19.7. The average Bonchev–Trinajstić information content (AvgIpc) is 2.70. The lowest BCUT2D eigenvalue weighted by Gasteiger charge is -2.26. The monoisotopic (exact) mass is 379 g/mol. The molecule has 28 heavy (non-hydrogen) atoms. The third kappa shape index (κ3) is 3.55. The Balaban J connectivity index is 1.85. The molecule has 2 aromatic carbocycles. The molecule has 0 bridgehead atoms. The summed E-state index contributed by atoms with van der Waals surface area (Å²) in [6.07, 6.45) is 5.08. The number of aromatic nitrogens is 1. The SMILES string of the molecule is NC(=O)c1cn(-c2ccc(F)cc2)c2ccc(CN3CCCCC3)cc2c1=O. The number of carbonyl (C=O) groups excluding carboxylic acids is 1. The molecular weight excluding hydrogens is 357 g/mol. The Bertz CT molecular complexity index is 1080. The number of pyridine rings is 1. The first-order chi connectivity index (χ1) is 13.5. The van der Waals surface area contributed by atoms with E-state index in [1.54, 1.807) is 16.7 Å². The summed E-state index contributed by atoms with van der Waals surface area (Å²) >= 11 is 0. The molecule has 1 aliphatic rings. The van der Waals surface area contributed by atoms with Crippen LogP contribution in [0.2, 0.25) is 0 Å². The van der Waals surface area contributed by atoms with Gasteiger partial charge in [-0.15, -0.1) is 0 Å². The molecule has 3 aromatic rings. The van der Waals surface area contributed by atoms with Crippen LogP contribution in [0.4, 0.5) is 4.39 Å². The largest absolute Gasteiger partial charge is 0.365 e. The number of hydrogen-bond acceptors (Lipinski definition) is 3. The molecule has 0 unspecified atom stereocenters. The van der Waals surface area contributed by atoms with E-state index in [4.69, 9.17) is 5.73 Å². The van der Waals surface area contributed by atoms with Crippen molar-refractivity contribution in [3.8, 4) is 5.69 Å². The van der Waals surface area contributed by atoms with Crippen LogP contribution in [0.25, 0.3) is 16.6 Å². The normalized spacial score (nSPS) is 15.0. The van der Waals surface area contributed by atoms with Crippen LogP contribution in [-0.2, 0) is 6.54 Å². The first kappa shape index (κ1) is 18.4. The lowest BCUT2D eigenvalue weighted by Crippen LogP contribution is -2.29. The zero-order valence-electron chi connectivity index (χ0n) is 15.5. The predicted octanol–water partition coefficient (Wildman–Crippen LogP) is 3.21. The molecule has 5 nitrogen and oxygen atoms in total. The van der Waals surface area contributed by atoms with Crippen LogP contribution in [0.1, 0.15) is 35.2 Å². The highest BCUT2D eigenvalue weighted by Crippen LogP contribution is 2.21. The van der Waals surface area contributed by atoms with Crippen LogP contribution >= 0.6 is 0 Å². The zero-order valence-corrected chi connectivity index (χ0v) is 15.5. The molecule has 1 aromatic heterocycles. The van der Waals surface area contributed by atoms with Gasteiger partial charge in [0.1, 0.15) is 11.4 Å². The van der Waals surface area contributed by atoms with Crippen molar-refractivity contribution in [1.29, 1.82) is 0 Å². The minimum Gasteiger partial charge on any atom is -0.365 e. The van der Waals surface area contributed by atoms with E-state index in [-0.39, 0.29) is 16.8 Å². The van der Waals surface area contributed by atoms with Gasteiger partial charge in [0, 0.05) is 23.8 Å². The Morgan fingerprint density at radius 1 is 1.04 bits per heavy atom. The van der Waals surface area contributed by atoms with E-state index in [1.165, 1.54) is 37.6 Å². The Labute approximate surface area is 162 Å². The molecule has 1 saturated heterocycles. The number of amides is 1. The van der Waals surface area contributed by atoms with Gasteiger partial charge >= 0.3 is 0 Å². The molecular formula is C22H22FN3O2. The molecule has 144 valence electrons. The second kappa shape index (κ2) is 7.56. The van der Waals surface area contributed by atoms with E-state index >= 15 is 0 Å². The van der Waals surface area contributed by atoms with Crippen molar-refractivity contribution in [2.45, 2.75) is 25.8 Å². The summed E-state index contributed by atoms with van der Waals surface area (Å²) in [6.45, 7) is 2.88. The molecule has 1 fully saturated rings. The first-order valence-corrected chi connectivity index (χ1v) is 9.49. The van der Waals surface area contributed by atoms with E-state index < -0.39 is 5.91 Å². The van der Waals surface area contributed by atoms with Crippen molar-refractivity contribution in [1.82, 2.24) is 9.47 Å². The molecule has 1 aliphatic heterocycles. The third-order valence-corrected chi connectivity index (χ3v) is 5.29. The highest BCUT2D eigenvalue weighted by Gasteiger charge is 2.16. The van der Waals surface area contributed by atoms with Gasteiger partial charge in [-0.1, -0.05) is 12.5 Å². The van der Waals surface area contributed by atoms with E-state index in [1.807, 2.05) is 18.2 Å². The summed E-state index contributed by atoms with van der Waals surface area (Å²) in [4.78, 5) is 27.1. The highest BCUT2D eigenvalue weighted by molar-refractivity contribution is 5.96. The number of nitrogens with zero attached hydrogens (tertiary/aromatic N) is 2. The van der Waals surface area contributed by atoms with E-state index in [9.17, 15) is 14.0 Å². The van der Waals surface area contributed by atoms with Gasteiger partial charge < -0.3 is 10.3 Å². The predicted molar refractivity (Wildman–Crippen MR) is 107 cm³/mol. The lowest BCUT2D eigenvalue weighted by atomic mass is 10.1. The number of likely N-dealkylation sites (tertiary alicyclic amines) is 1. The number of piperidine rings is 1. The number of primary amides is 1. The minimum absolute atomic E-state index is 0.0769. The number of fused-ring (bicyclic) bond motifs is 1. The molecule has 1 amide bonds. The van der Waals surface area contributed by atoms with Gasteiger partial charge in [-0.3, -0.25) is 14.5 Å². The lowest BCUT2D eigenvalue weighted by molar-refractivity contribution is 0.0999. The van der Waals surface area contributed by atoms with E-state index in [2.05, 4.69) is 4.90 Å². The van der Waals surface area contributed by atoms with Gasteiger partial charge in [0.25, 0.3) is 5.91 Å². The molecule has 0 aliphatic carbocycles. The van der Waals surface area contributed by atoms with Crippen molar-refractivity contribution in [2.24, 2.45) is 5.73 Å². The van der Waals surface area contributed by atoms with Crippen LogP contribution < -0.4 is 11.2 Å². The van der Waals surface area contributed by atoms with Gasteiger partial charge in [-0.25, -0.2) is 4.39 Å². The van der Waals surface area contributed by atoms with Gasteiger partial charge in [-0.2, -0.15) is 0 Å². The standard InChI is InChI=1S/C22H22FN3O2/c23-16-5-7-17(8-6-16)26-14-19(22(24)28)21(27)18-12-15(4-9-20(18)26)13-25-10-2-1-3-11-25/h4-9,12,14H,1-3,10-11,13H2,(H2,24,28). The summed E-state index contributed by atoms with van der Waals surface area (Å²) in [5, 5.41) is 0.440. The number of benzene rings is 2. The van der Waals surface area contributed by atoms with Crippen LogP contribution in [0, 0.1) is 5.82 Å². The number of nitrogens with two attached hydrogens (primary N) is 1. The quantitative estimate of drug-likeness (QED) is 0.757. The molecule has 0 spiro atoms. The molecule has 4 rings (SSSR count). The number of halogens is 1. The maximum atomic E-state index is 13.3. The first-order valence-electron chi connectivity index (χ1n) is 9.49. The molecule has 0 saturated carbocycles. The summed E-state index contributed by atoms with van der Waals surface area (Å²) in [5.41, 5.74) is 7.33. The number of hydrogen-bond donors (Lipinski definition) is 1. The van der Waals surface area contributed by atoms with Gasteiger partial charge in [-0.05, 0) is 67.9 Å². The van der Waals surface area contributed by atoms with Gasteiger partial charge in [0.05, 0.1) is 5.52 Å². The van der Waals surface area contributed by atoms with Crippen LogP contribution in [0.5, 0.6) is 0 Å². The van der Waals surface area contributed by atoms with Gasteiger partial charge in [0.2, 0.25) is 5.43 Å². The number of carbonyl (C=O) groups is 1. The van der Waals surface area contributed by atoms with E-state index in [0.29, 0.717) is 16.6 Å². The van der Waals surface area contributed by atoms with Crippen LogP contribution in [-0.4, -0.2) is 28.5 Å². The fourth-order valence-electron chi connectivity index (χ4n) is 3.84. The summed E-state index contributed by atoms with van der Waals surface area (Å²) < 4.78 is 15.0. The highest BCUT2D eigenvalue weighted by atomic mass is 19.1. The van der Waals surface area contributed by atoms with Crippen molar-refractivity contribution in [3.05, 3.63) is 75.8 Å². The smallest absolute Gasteiger partial charge is 0.254 e. The second-order valence-electron chi connectivity index (χ2n) is 7.27. The topological polar surface area (TPSA) is 68.3 Å². The second-order valence-corrected chi connectivity index (χ2v) is 7.27. The van der Waals surface area contributed by atoms with Crippen molar-refractivity contribution >= 4 is 16.8 Å². The van der Waals surface area contributed by atoms with Gasteiger partial charge in [0.15, 0.2) is 0 Å². The summed E-state index contributed by atoms with van der Waals surface area (Å²) in [5.74, 6) is -1.13. The molecule has 2 N–H and O–H groups in total. The van der Waals surface area contributed by atoms with Crippen molar-refractivity contribution < 1.29 is 9.18 Å². The van der Waals surface area contributed by atoms with E-state index in [0.717, 1.165) is 25.2 Å². The minimum atomic E-state index is -0.774. The summed E-state index contributed by atoms with van der Waals surface area (Å²) in [6, 6.07) is 11.6. The molecule has 0 atom stereocenters. The summed E-state index contributed by atoms with van der Waals surface area (Å²) in [7, 11) is 0. The van der Waals surface area contributed by atoms with Crippen LogP contribution in [0.3, 0.4) is 0 Å². The van der Waals surface area contributed by atoms with Crippen LogP contribution in [0.15, 0.2) is 53.5 Å². The average molecular weight is 379 g/mol. The Morgan fingerprint density at radius 2 is 1.75 bits per heavy atom. The molecule has 6 heteroatoms. The Morgan fingerprint density at radius 3 is 2.43 bits per heavy atom. The molecule has 0 radical (unpaired) electrons. The maximum absolute atomic E-state index is 13.3. The fourth-order valence-corrected chi connectivity index (χ4v) is 3.84. The maximum Gasteiger partial charge on any atom is 0.254 e. The Kier molecular flexibility index (Phi) is 4.96. The Hall–Kier alpha value is -2.99. The van der Waals surface area contributed by atoms with Crippen molar-refractivity contribution in [2.75, 3.05) is 13.1 Å². The molecule has 2 heterocycles. The van der Waals surface area contributed by atoms with Crippen molar-refractivity contribution in [3.63, 3.8) is 0 Å². The number of rotatable bonds is 4.